The highest BCUT2D eigenvalue weighted by atomic mass is 35.5. The van der Waals surface area contributed by atoms with Crippen LogP contribution in [0.5, 0.6) is 0 Å². The first-order valence-electron chi connectivity index (χ1n) is 8.58. The molecule has 2 aliphatic rings. The van der Waals surface area contributed by atoms with E-state index in [1.54, 1.807) is 0 Å². The fourth-order valence-electron chi connectivity index (χ4n) is 3.13. The molecule has 1 aromatic rings. The SMILES string of the molecule is C[C@@H]1CN(C(=O)CCC(=O)N2CCC(c3ccccc3)=N2)CCN1.Cl. The van der Waals surface area contributed by atoms with E-state index in [4.69, 9.17) is 0 Å². The second-order valence-corrected chi connectivity index (χ2v) is 6.37. The van der Waals surface area contributed by atoms with Crippen LogP contribution in [0.15, 0.2) is 35.4 Å². The van der Waals surface area contributed by atoms with E-state index in [0.717, 1.165) is 30.8 Å². The van der Waals surface area contributed by atoms with Crippen LogP contribution < -0.4 is 5.32 Å². The maximum absolute atomic E-state index is 12.3. The smallest absolute Gasteiger partial charge is 0.243 e. The van der Waals surface area contributed by atoms with Crippen LogP contribution in [-0.4, -0.2) is 59.7 Å². The quantitative estimate of drug-likeness (QED) is 0.883. The van der Waals surface area contributed by atoms with Crippen LogP contribution in [-0.2, 0) is 9.59 Å². The van der Waals surface area contributed by atoms with Crippen LogP contribution in [0.25, 0.3) is 0 Å². The van der Waals surface area contributed by atoms with E-state index in [0.29, 0.717) is 19.1 Å². The Morgan fingerprint density at radius 3 is 2.60 bits per heavy atom. The second kappa shape index (κ2) is 8.97. The Bertz CT molecular complexity index is 635. The van der Waals surface area contributed by atoms with Crippen LogP contribution >= 0.6 is 12.4 Å². The van der Waals surface area contributed by atoms with Gasteiger partial charge in [-0.05, 0) is 12.5 Å². The third-order valence-corrected chi connectivity index (χ3v) is 4.47. The van der Waals surface area contributed by atoms with Gasteiger partial charge in [-0.1, -0.05) is 30.3 Å². The van der Waals surface area contributed by atoms with Crippen molar-refractivity contribution in [1.29, 1.82) is 0 Å². The molecule has 0 bridgehead atoms. The third kappa shape index (κ3) is 5.03. The molecule has 0 aliphatic carbocycles. The number of rotatable bonds is 4. The minimum atomic E-state index is -0.0718. The Kier molecular flexibility index (Phi) is 6.96. The Balaban J connectivity index is 0.00000225. The van der Waals surface area contributed by atoms with Gasteiger partial charge in [0, 0.05) is 44.9 Å². The van der Waals surface area contributed by atoms with Crippen molar-refractivity contribution >= 4 is 29.9 Å². The Labute approximate surface area is 154 Å². The number of benzene rings is 1. The highest BCUT2D eigenvalue weighted by Gasteiger charge is 2.24. The van der Waals surface area contributed by atoms with Crippen molar-refractivity contribution in [2.24, 2.45) is 5.10 Å². The van der Waals surface area contributed by atoms with E-state index in [-0.39, 0.29) is 37.1 Å². The summed E-state index contributed by atoms with van der Waals surface area (Å²) in [5.41, 5.74) is 1.99. The summed E-state index contributed by atoms with van der Waals surface area (Å²) in [7, 11) is 0. The fraction of sp³-hybridized carbons (Fsp3) is 0.500. The molecule has 136 valence electrons. The lowest BCUT2D eigenvalue weighted by atomic mass is 10.1. The maximum Gasteiger partial charge on any atom is 0.243 e. The normalized spacial score (nSPS) is 20.0. The van der Waals surface area contributed by atoms with E-state index in [1.807, 2.05) is 35.2 Å². The summed E-state index contributed by atoms with van der Waals surface area (Å²) >= 11 is 0. The van der Waals surface area contributed by atoms with Crippen LogP contribution in [0.2, 0.25) is 0 Å². The van der Waals surface area contributed by atoms with Crippen LogP contribution in [0.4, 0.5) is 0 Å². The average molecular weight is 365 g/mol. The number of nitrogens with one attached hydrogen (secondary N) is 1. The Morgan fingerprint density at radius 1 is 1.16 bits per heavy atom. The van der Waals surface area contributed by atoms with Crippen molar-refractivity contribution in [3.8, 4) is 0 Å². The second-order valence-electron chi connectivity index (χ2n) is 6.37. The number of hydrazone groups is 1. The van der Waals surface area contributed by atoms with Crippen molar-refractivity contribution < 1.29 is 9.59 Å². The summed E-state index contributed by atoms with van der Waals surface area (Å²) in [6, 6.07) is 10.2. The van der Waals surface area contributed by atoms with Gasteiger partial charge >= 0.3 is 0 Å². The van der Waals surface area contributed by atoms with Gasteiger partial charge in [0.1, 0.15) is 0 Å². The summed E-state index contributed by atoms with van der Waals surface area (Å²) < 4.78 is 0. The number of hydrogen-bond donors (Lipinski definition) is 1. The highest BCUT2D eigenvalue weighted by molar-refractivity contribution is 6.02. The van der Waals surface area contributed by atoms with Crippen LogP contribution in [0.1, 0.15) is 31.7 Å². The van der Waals surface area contributed by atoms with Gasteiger partial charge in [0.25, 0.3) is 0 Å². The van der Waals surface area contributed by atoms with Crippen LogP contribution in [0, 0.1) is 0 Å². The number of carbonyl (C=O) groups excluding carboxylic acids is 2. The van der Waals surface area contributed by atoms with Crippen molar-refractivity contribution in [3.63, 3.8) is 0 Å². The van der Waals surface area contributed by atoms with E-state index < -0.39 is 0 Å². The largest absolute Gasteiger partial charge is 0.340 e. The van der Waals surface area contributed by atoms with E-state index in [1.165, 1.54) is 5.01 Å². The van der Waals surface area contributed by atoms with Crippen molar-refractivity contribution in [2.45, 2.75) is 32.2 Å². The predicted octanol–water partition coefficient (Wildman–Crippen LogP) is 1.65. The molecule has 0 unspecified atom stereocenters. The minimum Gasteiger partial charge on any atom is -0.340 e. The van der Waals surface area contributed by atoms with Crippen molar-refractivity contribution in [2.75, 3.05) is 26.2 Å². The van der Waals surface area contributed by atoms with Crippen LogP contribution in [0.3, 0.4) is 0 Å². The number of carbonyl (C=O) groups is 2. The summed E-state index contributed by atoms with van der Waals surface area (Å²) in [5.74, 6) is -0.0133. The molecule has 0 saturated carbocycles. The van der Waals surface area contributed by atoms with Gasteiger partial charge in [-0.3, -0.25) is 9.59 Å². The van der Waals surface area contributed by atoms with Crippen molar-refractivity contribution in [1.82, 2.24) is 15.2 Å². The number of hydrogen-bond acceptors (Lipinski definition) is 4. The molecular formula is C18H25ClN4O2. The number of piperazine rings is 1. The lowest BCUT2D eigenvalue weighted by Crippen LogP contribution is -2.51. The zero-order chi connectivity index (χ0) is 16.9. The zero-order valence-electron chi connectivity index (χ0n) is 14.5. The summed E-state index contributed by atoms with van der Waals surface area (Å²) in [4.78, 5) is 26.4. The topological polar surface area (TPSA) is 65.0 Å². The molecule has 1 N–H and O–H groups in total. The molecule has 1 fully saturated rings. The molecule has 7 heteroatoms. The molecule has 2 amide bonds. The highest BCUT2D eigenvalue weighted by Crippen LogP contribution is 2.15. The molecule has 1 aromatic carbocycles. The number of halogens is 1. The molecule has 0 radical (unpaired) electrons. The zero-order valence-corrected chi connectivity index (χ0v) is 15.3. The van der Waals surface area contributed by atoms with E-state index >= 15 is 0 Å². The first kappa shape index (κ1) is 19.4. The predicted molar refractivity (Wildman–Crippen MR) is 99.8 cm³/mol. The monoisotopic (exact) mass is 364 g/mol. The van der Waals surface area contributed by atoms with E-state index in [2.05, 4.69) is 17.3 Å². The first-order chi connectivity index (χ1) is 11.6. The third-order valence-electron chi connectivity index (χ3n) is 4.47. The molecule has 6 nitrogen and oxygen atoms in total. The minimum absolute atomic E-state index is 0. The summed E-state index contributed by atoms with van der Waals surface area (Å²) in [6.45, 7) is 4.92. The number of amides is 2. The average Bonchev–Trinajstić information content (AvgIpc) is 3.10. The molecule has 0 aromatic heterocycles. The van der Waals surface area contributed by atoms with Gasteiger partial charge in [0.15, 0.2) is 0 Å². The molecule has 1 saturated heterocycles. The lowest BCUT2D eigenvalue weighted by molar-refractivity contribution is -0.137. The van der Waals surface area contributed by atoms with Gasteiger partial charge in [-0.2, -0.15) is 5.10 Å². The Hall–Kier alpha value is -1.92. The number of nitrogens with zero attached hydrogens (tertiary/aromatic N) is 3. The molecular weight excluding hydrogens is 340 g/mol. The van der Waals surface area contributed by atoms with Gasteiger partial charge in [0.05, 0.1) is 12.3 Å². The maximum atomic E-state index is 12.3. The molecule has 1 atom stereocenters. The van der Waals surface area contributed by atoms with Gasteiger partial charge < -0.3 is 10.2 Å². The van der Waals surface area contributed by atoms with Gasteiger partial charge in [0.2, 0.25) is 11.8 Å². The van der Waals surface area contributed by atoms with E-state index in [9.17, 15) is 9.59 Å². The molecule has 2 heterocycles. The standard InChI is InChI=1S/C18H24N4O2.ClH/c1-14-13-21(12-10-19-14)17(23)7-8-18(24)22-11-9-16(20-22)15-5-3-2-4-6-15;/h2-6,14,19H,7-13H2,1H3;1H/t14-;/m1./s1. The van der Waals surface area contributed by atoms with Gasteiger partial charge in [-0.15, -0.1) is 12.4 Å². The molecule has 0 spiro atoms. The Morgan fingerprint density at radius 2 is 1.88 bits per heavy atom. The molecule has 25 heavy (non-hydrogen) atoms. The fourth-order valence-corrected chi connectivity index (χ4v) is 3.13. The summed E-state index contributed by atoms with van der Waals surface area (Å²) in [6.07, 6.45) is 1.25. The lowest BCUT2D eigenvalue weighted by Gasteiger charge is -2.32. The van der Waals surface area contributed by atoms with Crippen molar-refractivity contribution in [3.05, 3.63) is 35.9 Å². The summed E-state index contributed by atoms with van der Waals surface area (Å²) in [5, 5.41) is 9.25. The molecule has 3 rings (SSSR count). The molecule has 2 aliphatic heterocycles. The van der Waals surface area contributed by atoms with Gasteiger partial charge in [-0.25, -0.2) is 5.01 Å². The first-order valence-corrected chi connectivity index (χ1v) is 8.58.